The number of fused-ring (bicyclic) bond motifs is 1. The van der Waals surface area contributed by atoms with Gasteiger partial charge in [0.1, 0.15) is 18.1 Å². The predicted molar refractivity (Wildman–Crippen MR) is 204 cm³/mol. The number of ether oxygens (including phenoxy) is 2. The van der Waals surface area contributed by atoms with Gasteiger partial charge in [0.2, 0.25) is 0 Å². The molecular formula is C36H27BrCl2IN3O4S. The highest BCUT2D eigenvalue weighted by molar-refractivity contribution is 14.1. The van der Waals surface area contributed by atoms with E-state index >= 15 is 0 Å². The Labute approximate surface area is 312 Å². The first-order valence-electron chi connectivity index (χ1n) is 14.8. The summed E-state index contributed by atoms with van der Waals surface area (Å²) in [5.74, 6) is 0.968. The fraction of sp³-hybridized carbons (Fsp3) is 0.139. The molecule has 1 N–H and O–H groups in total. The van der Waals surface area contributed by atoms with E-state index in [2.05, 4.69) is 43.8 Å². The number of allylic oxidation sites excluding steroid dienone is 1. The minimum atomic E-state index is -0.726. The van der Waals surface area contributed by atoms with Gasteiger partial charge in [-0.15, -0.1) is 0 Å². The number of halogens is 4. The summed E-state index contributed by atoms with van der Waals surface area (Å²) in [6.45, 7) is 4.48. The summed E-state index contributed by atoms with van der Waals surface area (Å²) in [7, 11) is 0. The van der Waals surface area contributed by atoms with Crippen molar-refractivity contribution in [3.05, 3.63) is 151 Å². The van der Waals surface area contributed by atoms with Gasteiger partial charge < -0.3 is 14.8 Å². The number of amides is 1. The maximum atomic E-state index is 14.4. The van der Waals surface area contributed by atoms with Crippen molar-refractivity contribution in [3.8, 4) is 11.5 Å². The average molecular weight is 875 g/mol. The Hall–Kier alpha value is -3.42. The van der Waals surface area contributed by atoms with E-state index in [1.165, 1.54) is 11.3 Å². The molecule has 0 unspecified atom stereocenters. The third-order valence-corrected chi connectivity index (χ3v) is 10.5. The Kier molecular flexibility index (Phi) is 10.8. The first-order chi connectivity index (χ1) is 23.1. The van der Waals surface area contributed by atoms with Gasteiger partial charge in [0.15, 0.2) is 4.80 Å². The van der Waals surface area contributed by atoms with E-state index in [0.29, 0.717) is 60.0 Å². The molecule has 0 saturated heterocycles. The molecule has 244 valence electrons. The number of nitrogens with zero attached hydrogens (tertiary/aromatic N) is 2. The zero-order valence-electron chi connectivity index (χ0n) is 25.6. The molecule has 4 aromatic carbocycles. The first-order valence-corrected chi connectivity index (χ1v) is 18.2. The number of rotatable bonds is 9. The van der Waals surface area contributed by atoms with E-state index in [4.69, 9.17) is 37.7 Å². The van der Waals surface area contributed by atoms with Crippen LogP contribution in [0.5, 0.6) is 11.5 Å². The number of hydrogen-bond donors (Lipinski definition) is 1. The number of thiazole rings is 1. The fourth-order valence-electron chi connectivity index (χ4n) is 5.33. The number of carbonyl (C=O) groups is 1. The summed E-state index contributed by atoms with van der Waals surface area (Å²) < 4.78 is 15.7. The lowest BCUT2D eigenvalue weighted by Gasteiger charge is -2.25. The molecule has 0 saturated carbocycles. The molecule has 1 aliphatic heterocycles. The van der Waals surface area contributed by atoms with Crippen LogP contribution in [0.1, 0.15) is 36.6 Å². The third-order valence-electron chi connectivity index (χ3n) is 7.50. The molecule has 5 aromatic rings. The molecule has 12 heteroatoms. The second-order valence-electron chi connectivity index (χ2n) is 10.7. The van der Waals surface area contributed by atoms with Crippen LogP contribution < -0.4 is 29.7 Å². The molecule has 1 atom stereocenters. The van der Waals surface area contributed by atoms with Crippen LogP contribution in [0.3, 0.4) is 0 Å². The van der Waals surface area contributed by atoms with Gasteiger partial charge in [-0.3, -0.25) is 14.2 Å². The Bertz CT molecular complexity index is 2240. The van der Waals surface area contributed by atoms with Crippen molar-refractivity contribution >= 4 is 90.7 Å². The van der Waals surface area contributed by atoms with Gasteiger partial charge in [0, 0.05) is 15.7 Å². The first kappa shape index (κ1) is 34.4. The van der Waals surface area contributed by atoms with E-state index in [1.807, 2.05) is 79.7 Å². The number of hydrogen-bond acceptors (Lipinski definition) is 6. The number of benzene rings is 4. The Balaban J connectivity index is 1.45. The van der Waals surface area contributed by atoms with Gasteiger partial charge in [0.25, 0.3) is 11.5 Å². The smallest absolute Gasteiger partial charge is 0.271 e. The normalized spacial score (nSPS) is 14.4. The molecule has 0 spiro atoms. The molecule has 0 bridgehead atoms. The molecule has 6 rings (SSSR count). The van der Waals surface area contributed by atoms with Crippen molar-refractivity contribution < 1.29 is 14.3 Å². The van der Waals surface area contributed by atoms with Gasteiger partial charge >= 0.3 is 0 Å². The van der Waals surface area contributed by atoms with Crippen LogP contribution in [-0.4, -0.2) is 17.1 Å². The van der Waals surface area contributed by atoms with Crippen LogP contribution in [0.2, 0.25) is 10.0 Å². The highest BCUT2D eigenvalue weighted by atomic mass is 127. The summed E-state index contributed by atoms with van der Waals surface area (Å²) >= 11 is 19.4. The van der Waals surface area contributed by atoms with E-state index < -0.39 is 6.04 Å². The highest BCUT2D eigenvalue weighted by Crippen LogP contribution is 2.34. The number of aromatic nitrogens is 1. The van der Waals surface area contributed by atoms with Crippen LogP contribution in [0, 0.1) is 3.57 Å². The lowest BCUT2D eigenvalue weighted by atomic mass is 9.95. The number of carbonyl (C=O) groups excluding carboxylic acids is 1. The average Bonchev–Trinajstić information content (AvgIpc) is 3.36. The minimum absolute atomic E-state index is 0.243. The number of para-hydroxylation sites is 1. The largest absolute Gasteiger partial charge is 0.494 e. The second kappa shape index (κ2) is 15.0. The molecule has 0 radical (unpaired) electrons. The minimum Gasteiger partial charge on any atom is -0.494 e. The van der Waals surface area contributed by atoms with Crippen LogP contribution in [0.4, 0.5) is 5.69 Å². The summed E-state index contributed by atoms with van der Waals surface area (Å²) in [6, 6.07) is 25.1. The highest BCUT2D eigenvalue weighted by Gasteiger charge is 2.32. The van der Waals surface area contributed by atoms with Crippen molar-refractivity contribution in [1.29, 1.82) is 0 Å². The maximum absolute atomic E-state index is 14.4. The molecule has 0 aliphatic carbocycles. The molecular weight excluding hydrogens is 848 g/mol. The SMILES string of the molecule is CCOc1ccc([C@@H]2C(C(=O)Nc3ccccc3)=C(C)N=c3s/c(=C\c4cc(Br)cc(I)c4OCc4ccc(Cl)c(Cl)c4)c(=O)n32)cc1. The van der Waals surface area contributed by atoms with E-state index in [1.54, 1.807) is 29.7 Å². The molecule has 1 amide bonds. The van der Waals surface area contributed by atoms with Crippen LogP contribution in [-0.2, 0) is 11.4 Å². The van der Waals surface area contributed by atoms with Crippen molar-refractivity contribution in [2.45, 2.75) is 26.5 Å². The van der Waals surface area contributed by atoms with E-state index in [-0.39, 0.29) is 18.1 Å². The van der Waals surface area contributed by atoms with Gasteiger partial charge in [-0.05, 0) is 102 Å². The number of nitrogens with one attached hydrogen (secondary N) is 1. The van der Waals surface area contributed by atoms with Crippen LogP contribution >= 0.6 is 73.1 Å². The van der Waals surface area contributed by atoms with E-state index in [0.717, 1.165) is 19.2 Å². The maximum Gasteiger partial charge on any atom is 0.271 e. The Morgan fingerprint density at radius 3 is 2.50 bits per heavy atom. The molecule has 48 heavy (non-hydrogen) atoms. The third kappa shape index (κ3) is 7.42. The van der Waals surface area contributed by atoms with Crippen molar-refractivity contribution in [3.63, 3.8) is 0 Å². The molecule has 0 fully saturated rings. The van der Waals surface area contributed by atoms with Gasteiger partial charge in [-0.1, -0.05) is 86.9 Å². The molecule has 1 aliphatic rings. The van der Waals surface area contributed by atoms with Crippen molar-refractivity contribution in [2.75, 3.05) is 11.9 Å². The molecule has 2 heterocycles. The van der Waals surface area contributed by atoms with E-state index in [9.17, 15) is 9.59 Å². The summed E-state index contributed by atoms with van der Waals surface area (Å²) in [5.41, 5.74) is 3.57. The predicted octanol–water partition coefficient (Wildman–Crippen LogP) is 8.53. The van der Waals surface area contributed by atoms with Crippen molar-refractivity contribution in [2.24, 2.45) is 4.99 Å². The zero-order valence-corrected chi connectivity index (χ0v) is 31.7. The zero-order chi connectivity index (χ0) is 33.9. The van der Waals surface area contributed by atoms with Crippen molar-refractivity contribution in [1.82, 2.24) is 4.57 Å². The van der Waals surface area contributed by atoms with Gasteiger partial charge in [-0.2, -0.15) is 0 Å². The second-order valence-corrected chi connectivity index (χ2v) is 14.6. The summed E-state index contributed by atoms with van der Waals surface area (Å²) in [6.07, 6.45) is 1.80. The standard InChI is InChI=1S/C36H27BrCl2IN3O4S/c1-3-46-26-12-10-22(11-13-26)32-31(34(44)42-25-7-5-4-6-8-25)20(2)41-36-43(32)35(45)30(48-36)17-23-16-24(37)18-29(40)33(23)47-19-21-9-14-27(38)28(39)15-21/h4-18,32H,3,19H2,1-2H3,(H,42,44)/b30-17-/t32-/m1/s1. The quantitative estimate of drug-likeness (QED) is 0.151. The van der Waals surface area contributed by atoms with Crippen LogP contribution in [0.25, 0.3) is 6.08 Å². The lowest BCUT2D eigenvalue weighted by Crippen LogP contribution is -2.40. The summed E-state index contributed by atoms with van der Waals surface area (Å²) in [4.78, 5) is 33.5. The summed E-state index contributed by atoms with van der Waals surface area (Å²) in [5, 5.41) is 3.90. The molecule has 7 nitrogen and oxygen atoms in total. The lowest BCUT2D eigenvalue weighted by molar-refractivity contribution is -0.113. The fourth-order valence-corrected chi connectivity index (χ4v) is 8.39. The van der Waals surface area contributed by atoms with Gasteiger partial charge in [-0.25, -0.2) is 4.99 Å². The van der Waals surface area contributed by atoms with Gasteiger partial charge in [0.05, 0.1) is 42.1 Å². The molecule has 1 aromatic heterocycles. The Morgan fingerprint density at radius 1 is 1.04 bits per heavy atom. The number of anilines is 1. The Morgan fingerprint density at radius 2 is 1.79 bits per heavy atom. The van der Waals surface area contributed by atoms with Crippen LogP contribution in [0.15, 0.2) is 110 Å². The topological polar surface area (TPSA) is 81.9 Å². The monoisotopic (exact) mass is 873 g/mol.